The Morgan fingerprint density at radius 2 is 1.71 bits per heavy atom. The zero-order valence-electron chi connectivity index (χ0n) is 10.7. The third-order valence-corrected chi connectivity index (χ3v) is 4.94. The number of nitrogens with one attached hydrogen (secondary N) is 1. The van der Waals surface area contributed by atoms with Gasteiger partial charge in [-0.15, -0.1) is 0 Å². The van der Waals surface area contributed by atoms with Crippen molar-refractivity contribution in [1.29, 1.82) is 0 Å². The summed E-state index contributed by atoms with van der Waals surface area (Å²) in [6.45, 7) is 0.986. The summed E-state index contributed by atoms with van der Waals surface area (Å²) in [7, 11) is 0. The van der Waals surface area contributed by atoms with Crippen LogP contribution in [0.1, 0.15) is 57.8 Å². The zero-order chi connectivity index (χ0) is 11.7. The maximum absolute atomic E-state index is 12.2. The van der Waals surface area contributed by atoms with Gasteiger partial charge in [-0.1, -0.05) is 12.8 Å². The lowest BCUT2D eigenvalue weighted by molar-refractivity contribution is 0.163. The molecule has 3 aliphatic rings. The molecule has 96 valence electrons. The molecule has 0 aromatic carbocycles. The topological polar surface area (TPSA) is 32.3 Å². The van der Waals surface area contributed by atoms with Crippen LogP contribution in [0.2, 0.25) is 0 Å². The third-order valence-electron chi connectivity index (χ3n) is 4.94. The van der Waals surface area contributed by atoms with Gasteiger partial charge in [0.05, 0.1) is 0 Å². The molecule has 0 aromatic heterocycles. The van der Waals surface area contributed by atoms with Crippen molar-refractivity contribution < 1.29 is 4.79 Å². The number of nitrogens with zero attached hydrogens (tertiary/aromatic N) is 1. The minimum absolute atomic E-state index is 0.226. The van der Waals surface area contributed by atoms with Crippen molar-refractivity contribution in [3.8, 4) is 0 Å². The average molecular weight is 236 g/mol. The van der Waals surface area contributed by atoms with E-state index in [1.807, 2.05) is 0 Å². The van der Waals surface area contributed by atoms with Gasteiger partial charge in [-0.25, -0.2) is 4.79 Å². The molecular formula is C14H24N2O. The first-order valence-electron chi connectivity index (χ1n) is 7.42. The van der Waals surface area contributed by atoms with E-state index in [0.29, 0.717) is 12.1 Å². The van der Waals surface area contributed by atoms with E-state index < -0.39 is 0 Å². The van der Waals surface area contributed by atoms with E-state index >= 15 is 0 Å². The molecule has 2 aliphatic carbocycles. The van der Waals surface area contributed by atoms with Gasteiger partial charge in [-0.2, -0.15) is 0 Å². The lowest BCUT2D eigenvalue weighted by atomic mass is 9.93. The van der Waals surface area contributed by atoms with Gasteiger partial charge in [0.15, 0.2) is 0 Å². The van der Waals surface area contributed by atoms with Crippen LogP contribution in [0.4, 0.5) is 4.79 Å². The van der Waals surface area contributed by atoms with Gasteiger partial charge >= 0.3 is 6.03 Å². The number of hydrogen-bond acceptors (Lipinski definition) is 1. The van der Waals surface area contributed by atoms with Crippen LogP contribution < -0.4 is 5.32 Å². The smallest absolute Gasteiger partial charge is 0.317 e. The fourth-order valence-corrected chi connectivity index (χ4v) is 3.69. The molecular weight excluding hydrogens is 212 g/mol. The monoisotopic (exact) mass is 236 g/mol. The molecule has 3 heteroatoms. The summed E-state index contributed by atoms with van der Waals surface area (Å²) in [5.41, 5.74) is 0. The molecule has 0 radical (unpaired) electrons. The van der Waals surface area contributed by atoms with E-state index in [1.165, 1.54) is 57.8 Å². The fraction of sp³-hybridized carbons (Fsp3) is 0.929. The second kappa shape index (κ2) is 4.87. The van der Waals surface area contributed by atoms with E-state index in [9.17, 15) is 4.79 Å². The Kier molecular flexibility index (Phi) is 3.26. The summed E-state index contributed by atoms with van der Waals surface area (Å²) in [5.74, 6) is 0.796. The van der Waals surface area contributed by atoms with E-state index in [4.69, 9.17) is 0 Å². The molecule has 1 saturated heterocycles. The number of hydrogen-bond donors (Lipinski definition) is 1. The summed E-state index contributed by atoms with van der Waals surface area (Å²) in [5, 5.41) is 3.20. The predicted molar refractivity (Wildman–Crippen MR) is 67.9 cm³/mol. The molecule has 1 heterocycles. The third kappa shape index (κ3) is 2.29. The van der Waals surface area contributed by atoms with Gasteiger partial charge in [0.25, 0.3) is 0 Å². The highest BCUT2D eigenvalue weighted by molar-refractivity contribution is 5.75. The summed E-state index contributed by atoms with van der Waals surface area (Å²) >= 11 is 0. The van der Waals surface area contributed by atoms with Crippen molar-refractivity contribution in [1.82, 2.24) is 10.2 Å². The highest BCUT2D eigenvalue weighted by Crippen LogP contribution is 2.35. The Morgan fingerprint density at radius 1 is 0.941 bits per heavy atom. The molecule has 3 fully saturated rings. The summed E-state index contributed by atoms with van der Waals surface area (Å²) in [6, 6.07) is 1.26. The van der Waals surface area contributed by atoms with Crippen LogP contribution in [0, 0.1) is 5.92 Å². The molecule has 0 aromatic rings. The number of amides is 2. The molecule has 17 heavy (non-hydrogen) atoms. The Bertz CT molecular complexity index is 282. The SMILES string of the molecule is O=C(NC1CCC1)N1CCCC1C1CCCC1. The molecule has 1 aliphatic heterocycles. The highest BCUT2D eigenvalue weighted by atomic mass is 16.2. The molecule has 0 bridgehead atoms. The van der Waals surface area contributed by atoms with Crippen molar-refractivity contribution in [3.05, 3.63) is 0 Å². The summed E-state index contributed by atoms with van der Waals surface area (Å²) in [4.78, 5) is 14.4. The molecule has 3 rings (SSSR count). The van der Waals surface area contributed by atoms with Gasteiger partial charge in [-0.3, -0.25) is 0 Å². The second-order valence-electron chi connectivity index (χ2n) is 6.02. The van der Waals surface area contributed by atoms with Crippen molar-refractivity contribution in [2.45, 2.75) is 69.9 Å². The van der Waals surface area contributed by atoms with Crippen molar-refractivity contribution >= 4 is 6.03 Å². The molecule has 1 N–H and O–H groups in total. The average Bonchev–Trinajstić information content (AvgIpc) is 2.91. The predicted octanol–water partition coefficient (Wildman–Crippen LogP) is 2.90. The Labute approximate surface area is 104 Å². The van der Waals surface area contributed by atoms with Crippen LogP contribution >= 0.6 is 0 Å². The quantitative estimate of drug-likeness (QED) is 0.785. The van der Waals surface area contributed by atoms with Crippen LogP contribution in [0.5, 0.6) is 0 Å². The van der Waals surface area contributed by atoms with Crippen LogP contribution in [0.3, 0.4) is 0 Å². The minimum Gasteiger partial charge on any atom is -0.335 e. The van der Waals surface area contributed by atoms with Crippen LogP contribution in [0.25, 0.3) is 0 Å². The highest BCUT2D eigenvalue weighted by Gasteiger charge is 2.36. The lowest BCUT2D eigenvalue weighted by Gasteiger charge is -2.33. The first kappa shape index (κ1) is 11.4. The number of carbonyl (C=O) groups excluding carboxylic acids is 1. The van der Waals surface area contributed by atoms with Crippen molar-refractivity contribution in [2.75, 3.05) is 6.54 Å². The van der Waals surface area contributed by atoms with Gasteiger partial charge in [0, 0.05) is 18.6 Å². The fourth-order valence-electron chi connectivity index (χ4n) is 3.69. The molecule has 3 nitrogen and oxygen atoms in total. The standard InChI is InChI=1S/C14H24N2O/c17-14(15-12-7-3-8-12)16-10-4-9-13(16)11-5-1-2-6-11/h11-13H,1-10H2,(H,15,17). The number of rotatable bonds is 2. The Morgan fingerprint density at radius 3 is 2.35 bits per heavy atom. The van der Waals surface area contributed by atoms with Gasteiger partial charge in [-0.05, 0) is 50.9 Å². The van der Waals surface area contributed by atoms with E-state index in [1.54, 1.807) is 0 Å². The second-order valence-corrected chi connectivity index (χ2v) is 6.02. The van der Waals surface area contributed by atoms with Gasteiger partial charge in [0.1, 0.15) is 0 Å². The molecule has 2 saturated carbocycles. The zero-order valence-corrected chi connectivity index (χ0v) is 10.7. The number of carbonyl (C=O) groups is 1. The Hall–Kier alpha value is -0.730. The first-order valence-corrected chi connectivity index (χ1v) is 7.42. The molecule has 1 atom stereocenters. The number of urea groups is 1. The van der Waals surface area contributed by atoms with Crippen LogP contribution in [-0.4, -0.2) is 29.6 Å². The largest absolute Gasteiger partial charge is 0.335 e. The molecule has 2 amide bonds. The molecule has 0 spiro atoms. The van der Waals surface area contributed by atoms with Gasteiger partial charge < -0.3 is 10.2 Å². The van der Waals surface area contributed by atoms with E-state index in [-0.39, 0.29) is 6.03 Å². The maximum atomic E-state index is 12.2. The van der Waals surface area contributed by atoms with E-state index in [2.05, 4.69) is 10.2 Å². The van der Waals surface area contributed by atoms with Crippen molar-refractivity contribution in [2.24, 2.45) is 5.92 Å². The lowest BCUT2D eigenvalue weighted by Crippen LogP contribution is -2.50. The maximum Gasteiger partial charge on any atom is 0.317 e. The summed E-state index contributed by atoms with van der Waals surface area (Å²) in [6.07, 6.45) is 11.6. The Balaban J connectivity index is 1.57. The van der Waals surface area contributed by atoms with Crippen LogP contribution in [0.15, 0.2) is 0 Å². The minimum atomic E-state index is 0.226. The first-order chi connectivity index (χ1) is 8.34. The molecule has 1 unspecified atom stereocenters. The van der Waals surface area contributed by atoms with Crippen LogP contribution in [-0.2, 0) is 0 Å². The van der Waals surface area contributed by atoms with E-state index in [0.717, 1.165) is 12.5 Å². The van der Waals surface area contributed by atoms with Crippen molar-refractivity contribution in [3.63, 3.8) is 0 Å². The summed E-state index contributed by atoms with van der Waals surface area (Å²) < 4.78 is 0. The number of likely N-dealkylation sites (tertiary alicyclic amines) is 1. The van der Waals surface area contributed by atoms with Gasteiger partial charge in [0.2, 0.25) is 0 Å². The normalized spacial score (nSPS) is 30.6.